The largest absolute Gasteiger partial charge is 0.497 e. The van der Waals surface area contributed by atoms with Crippen molar-refractivity contribution in [1.29, 1.82) is 0 Å². The van der Waals surface area contributed by atoms with Crippen molar-refractivity contribution in [2.75, 3.05) is 39.2 Å². The summed E-state index contributed by atoms with van der Waals surface area (Å²) in [5, 5.41) is 5.92. The summed E-state index contributed by atoms with van der Waals surface area (Å²) < 4.78 is 15.8. The third-order valence-corrected chi connectivity index (χ3v) is 3.36. The molecule has 1 amide bonds. The van der Waals surface area contributed by atoms with Gasteiger partial charge in [-0.1, -0.05) is 0 Å². The Morgan fingerprint density at radius 3 is 2.90 bits per heavy atom. The maximum Gasteiger partial charge on any atom is 0.238 e. The summed E-state index contributed by atoms with van der Waals surface area (Å²) in [6.45, 7) is 1.77. The van der Waals surface area contributed by atoms with Gasteiger partial charge in [0, 0.05) is 19.2 Å². The highest BCUT2D eigenvalue weighted by molar-refractivity contribution is 5.93. The fourth-order valence-electron chi connectivity index (χ4n) is 2.25. The van der Waals surface area contributed by atoms with Crippen LogP contribution in [0.25, 0.3) is 0 Å². The first-order valence-electron chi connectivity index (χ1n) is 7.07. The molecule has 0 aromatic heterocycles. The molecule has 1 aliphatic heterocycles. The minimum Gasteiger partial charge on any atom is -0.497 e. The fraction of sp³-hybridized carbons (Fsp3) is 0.533. The zero-order valence-electron chi connectivity index (χ0n) is 12.5. The Kier molecular flexibility index (Phi) is 5.83. The normalized spacial score (nSPS) is 17.5. The van der Waals surface area contributed by atoms with Gasteiger partial charge in [0.25, 0.3) is 0 Å². The van der Waals surface area contributed by atoms with E-state index >= 15 is 0 Å². The lowest BCUT2D eigenvalue weighted by atomic mass is 10.2. The molecule has 1 heterocycles. The maximum absolute atomic E-state index is 11.9. The van der Waals surface area contributed by atoms with Gasteiger partial charge in [-0.25, -0.2) is 0 Å². The van der Waals surface area contributed by atoms with E-state index in [1.807, 2.05) is 0 Å². The number of rotatable bonds is 7. The van der Waals surface area contributed by atoms with Gasteiger partial charge in [-0.05, 0) is 25.0 Å². The van der Waals surface area contributed by atoms with Crippen LogP contribution in [0.15, 0.2) is 18.2 Å². The van der Waals surface area contributed by atoms with Gasteiger partial charge in [0.1, 0.15) is 11.5 Å². The molecule has 1 aromatic carbocycles. The van der Waals surface area contributed by atoms with Gasteiger partial charge in [-0.3, -0.25) is 4.79 Å². The SMILES string of the molecule is COc1ccc(NC(=O)CNCC2CCCO2)c(OC)c1. The summed E-state index contributed by atoms with van der Waals surface area (Å²) >= 11 is 0. The predicted molar refractivity (Wildman–Crippen MR) is 80.0 cm³/mol. The number of hydrogen-bond donors (Lipinski definition) is 2. The Labute approximate surface area is 124 Å². The number of ether oxygens (including phenoxy) is 3. The molecule has 21 heavy (non-hydrogen) atoms. The lowest BCUT2D eigenvalue weighted by Gasteiger charge is -2.13. The minimum absolute atomic E-state index is 0.114. The van der Waals surface area contributed by atoms with Crippen molar-refractivity contribution >= 4 is 11.6 Å². The van der Waals surface area contributed by atoms with E-state index in [1.165, 1.54) is 0 Å². The molecule has 1 aliphatic rings. The smallest absolute Gasteiger partial charge is 0.238 e. The lowest BCUT2D eigenvalue weighted by molar-refractivity contribution is -0.115. The van der Waals surface area contributed by atoms with Crippen LogP contribution in [0.5, 0.6) is 11.5 Å². The second-order valence-electron chi connectivity index (χ2n) is 4.88. The van der Waals surface area contributed by atoms with Crippen molar-refractivity contribution in [2.45, 2.75) is 18.9 Å². The monoisotopic (exact) mass is 294 g/mol. The maximum atomic E-state index is 11.9. The van der Waals surface area contributed by atoms with Crippen molar-refractivity contribution in [3.05, 3.63) is 18.2 Å². The molecule has 2 rings (SSSR count). The highest BCUT2D eigenvalue weighted by Gasteiger charge is 2.15. The Balaban J connectivity index is 1.81. The lowest BCUT2D eigenvalue weighted by Crippen LogP contribution is -2.33. The van der Waals surface area contributed by atoms with E-state index in [-0.39, 0.29) is 18.6 Å². The summed E-state index contributed by atoms with van der Waals surface area (Å²) in [6, 6.07) is 5.27. The summed E-state index contributed by atoms with van der Waals surface area (Å²) in [6.07, 6.45) is 2.39. The molecule has 1 unspecified atom stereocenters. The van der Waals surface area contributed by atoms with E-state index in [0.717, 1.165) is 19.4 Å². The van der Waals surface area contributed by atoms with E-state index in [0.29, 0.717) is 23.7 Å². The van der Waals surface area contributed by atoms with Gasteiger partial charge in [-0.15, -0.1) is 0 Å². The van der Waals surface area contributed by atoms with Gasteiger partial charge >= 0.3 is 0 Å². The molecular weight excluding hydrogens is 272 g/mol. The van der Waals surface area contributed by atoms with E-state index in [2.05, 4.69) is 10.6 Å². The van der Waals surface area contributed by atoms with Crippen molar-refractivity contribution in [2.24, 2.45) is 0 Å². The molecule has 0 spiro atoms. The van der Waals surface area contributed by atoms with Crippen LogP contribution < -0.4 is 20.1 Å². The van der Waals surface area contributed by atoms with Crippen molar-refractivity contribution < 1.29 is 19.0 Å². The number of hydrogen-bond acceptors (Lipinski definition) is 5. The molecule has 1 aromatic rings. The quantitative estimate of drug-likeness (QED) is 0.796. The first-order chi connectivity index (χ1) is 10.2. The molecule has 1 atom stereocenters. The zero-order chi connectivity index (χ0) is 15.1. The number of anilines is 1. The second-order valence-corrected chi connectivity index (χ2v) is 4.88. The van der Waals surface area contributed by atoms with Crippen molar-refractivity contribution in [1.82, 2.24) is 5.32 Å². The van der Waals surface area contributed by atoms with Gasteiger partial charge < -0.3 is 24.8 Å². The van der Waals surface area contributed by atoms with Gasteiger partial charge in [0.05, 0.1) is 32.6 Å². The highest BCUT2D eigenvalue weighted by Crippen LogP contribution is 2.28. The average Bonchev–Trinajstić information content (AvgIpc) is 3.01. The molecule has 2 N–H and O–H groups in total. The number of carbonyl (C=O) groups is 1. The highest BCUT2D eigenvalue weighted by atomic mass is 16.5. The van der Waals surface area contributed by atoms with E-state index in [4.69, 9.17) is 14.2 Å². The molecule has 116 valence electrons. The fourth-order valence-corrected chi connectivity index (χ4v) is 2.25. The summed E-state index contributed by atoms with van der Waals surface area (Å²) in [5.74, 6) is 1.14. The van der Waals surface area contributed by atoms with E-state index < -0.39 is 0 Å². The zero-order valence-corrected chi connectivity index (χ0v) is 12.5. The standard InChI is InChI=1S/C15H22N2O4/c1-19-11-5-6-13(14(8-11)20-2)17-15(18)10-16-9-12-4-3-7-21-12/h5-6,8,12,16H,3-4,7,9-10H2,1-2H3,(H,17,18). The topological polar surface area (TPSA) is 68.8 Å². The third kappa shape index (κ3) is 4.61. The number of nitrogens with one attached hydrogen (secondary N) is 2. The second kappa shape index (κ2) is 7.85. The summed E-state index contributed by atoms with van der Waals surface area (Å²) in [5.41, 5.74) is 0.627. The Hall–Kier alpha value is -1.79. The van der Waals surface area contributed by atoms with E-state index in [1.54, 1.807) is 32.4 Å². The van der Waals surface area contributed by atoms with Crippen LogP contribution in [-0.4, -0.2) is 45.9 Å². The number of carbonyl (C=O) groups excluding carboxylic acids is 1. The number of methoxy groups -OCH3 is 2. The summed E-state index contributed by atoms with van der Waals surface area (Å²) in [4.78, 5) is 11.9. The van der Waals surface area contributed by atoms with Crippen molar-refractivity contribution in [3.63, 3.8) is 0 Å². The Morgan fingerprint density at radius 2 is 2.24 bits per heavy atom. The molecule has 1 saturated heterocycles. The molecule has 6 heteroatoms. The van der Waals surface area contributed by atoms with Crippen LogP contribution in [-0.2, 0) is 9.53 Å². The van der Waals surface area contributed by atoms with Crippen LogP contribution >= 0.6 is 0 Å². The van der Waals surface area contributed by atoms with Gasteiger partial charge in [-0.2, -0.15) is 0 Å². The molecule has 0 radical (unpaired) electrons. The third-order valence-electron chi connectivity index (χ3n) is 3.36. The van der Waals surface area contributed by atoms with Crippen LogP contribution in [0.2, 0.25) is 0 Å². The van der Waals surface area contributed by atoms with Crippen LogP contribution in [0, 0.1) is 0 Å². The van der Waals surface area contributed by atoms with Gasteiger partial charge in [0.2, 0.25) is 5.91 Å². The molecule has 1 fully saturated rings. The molecule has 6 nitrogen and oxygen atoms in total. The first-order valence-corrected chi connectivity index (χ1v) is 7.07. The van der Waals surface area contributed by atoms with Crippen LogP contribution in [0.1, 0.15) is 12.8 Å². The number of benzene rings is 1. The van der Waals surface area contributed by atoms with Gasteiger partial charge in [0.15, 0.2) is 0 Å². The van der Waals surface area contributed by atoms with Crippen LogP contribution in [0.4, 0.5) is 5.69 Å². The summed E-state index contributed by atoms with van der Waals surface area (Å²) in [7, 11) is 3.14. The molecule has 0 bridgehead atoms. The Morgan fingerprint density at radius 1 is 1.38 bits per heavy atom. The predicted octanol–water partition coefficient (Wildman–Crippen LogP) is 1.41. The molecule has 0 saturated carbocycles. The van der Waals surface area contributed by atoms with Crippen LogP contribution in [0.3, 0.4) is 0 Å². The molecule has 0 aliphatic carbocycles. The van der Waals surface area contributed by atoms with E-state index in [9.17, 15) is 4.79 Å². The minimum atomic E-state index is -0.114. The molecular formula is C15H22N2O4. The number of amides is 1. The van der Waals surface area contributed by atoms with Crippen molar-refractivity contribution in [3.8, 4) is 11.5 Å². The first kappa shape index (κ1) is 15.6. The Bertz CT molecular complexity index is 473. The average molecular weight is 294 g/mol.